The van der Waals surface area contributed by atoms with Crippen LogP contribution in [0.4, 0.5) is 11.4 Å². The number of morpholine rings is 1. The molecule has 0 bridgehead atoms. The minimum Gasteiger partial charge on any atom is -0.379 e. The Morgan fingerprint density at radius 3 is 2.36 bits per heavy atom. The molecule has 0 atom stereocenters. The van der Waals surface area contributed by atoms with Crippen LogP contribution in [0, 0.1) is 0 Å². The van der Waals surface area contributed by atoms with Gasteiger partial charge in [0.05, 0.1) is 36.0 Å². The summed E-state index contributed by atoms with van der Waals surface area (Å²) in [5.74, 6) is -0.192. The number of ether oxygens (including phenoxy) is 1. The molecule has 1 N–H and O–H groups in total. The zero-order valence-electron chi connectivity index (χ0n) is 19.7. The van der Waals surface area contributed by atoms with Crippen LogP contribution in [-0.2, 0) is 26.1 Å². The highest BCUT2D eigenvalue weighted by atomic mass is 32.2. The third-order valence-electron chi connectivity index (χ3n) is 5.66. The molecule has 0 unspecified atom stereocenters. The number of hydrogen-bond donors (Lipinski definition) is 1. The summed E-state index contributed by atoms with van der Waals surface area (Å²) in [7, 11) is -1.78. The number of carbonyl (C=O) groups is 1. The number of hydrogen-bond acceptors (Lipinski definition) is 6. The van der Waals surface area contributed by atoms with Crippen molar-refractivity contribution in [3.63, 3.8) is 0 Å². The standard InChI is InChI=1S/C24H34N4O4S/c1-4-27(5-2)23-12-11-21(33(30,31)28-13-15-32-16-14-28)17-22(23)25-24(29)19-26(3)18-20-9-7-6-8-10-20/h6-12,17H,4-5,13-16,18-19H2,1-3H3,(H,25,29). The second-order valence-corrected chi connectivity index (χ2v) is 10.0. The van der Waals surface area contributed by atoms with Crippen LogP contribution in [-0.4, -0.2) is 76.5 Å². The molecule has 33 heavy (non-hydrogen) atoms. The SMILES string of the molecule is CCN(CC)c1ccc(S(=O)(=O)N2CCOCC2)cc1NC(=O)CN(C)Cc1ccccc1. The van der Waals surface area contributed by atoms with Crippen molar-refractivity contribution in [2.24, 2.45) is 0 Å². The number of nitrogens with one attached hydrogen (secondary N) is 1. The number of carbonyl (C=O) groups excluding carboxylic acids is 1. The highest BCUT2D eigenvalue weighted by Gasteiger charge is 2.27. The van der Waals surface area contributed by atoms with Gasteiger partial charge in [-0.1, -0.05) is 30.3 Å². The van der Waals surface area contributed by atoms with Gasteiger partial charge in [0.15, 0.2) is 0 Å². The van der Waals surface area contributed by atoms with Crippen LogP contribution in [0.25, 0.3) is 0 Å². The van der Waals surface area contributed by atoms with Crippen molar-refractivity contribution in [1.29, 1.82) is 0 Å². The fourth-order valence-electron chi connectivity index (χ4n) is 3.94. The summed E-state index contributed by atoms with van der Waals surface area (Å²) in [6.45, 7) is 7.78. The third kappa shape index (κ3) is 6.54. The maximum absolute atomic E-state index is 13.2. The molecule has 0 aliphatic carbocycles. The van der Waals surface area contributed by atoms with Gasteiger partial charge in [-0.15, -0.1) is 0 Å². The van der Waals surface area contributed by atoms with Crippen molar-refractivity contribution in [3.8, 4) is 0 Å². The van der Waals surface area contributed by atoms with E-state index in [2.05, 4.69) is 10.2 Å². The lowest BCUT2D eigenvalue weighted by Crippen LogP contribution is -2.40. The quantitative estimate of drug-likeness (QED) is 0.570. The fraction of sp³-hybridized carbons (Fsp3) is 0.458. The molecule has 1 aliphatic heterocycles. The number of anilines is 2. The first-order valence-corrected chi connectivity index (χ1v) is 12.8. The van der Waals surface area contributed by atoms with Gasteiger partial charge in [-0.05, 0) is 44.7 Å². The molecule has 1 heterocycles. The Balaban J connectivity index is 1.81. The van der Waals surface area contributed by atoms with Crippen LogP contribution in [0.3, 0.4) is 0 Å². The molecule has 0 saturated carbocycles. The van der Waals surface area contributed by atoms with E-state index in [1.807, 2.05) is 56.1 Å². The molecule has 9 heteroatoms. The number of rotatable bonds is 10. The Morgan fingerprint density at radius 2 is 1.73 bits per heavy atom. The molecule has 2 aromatic carbocycles. The van der Waals surface area contributed by atoms with E-state index >= 15 is 0 Å². The fourth-order valence-corrected chi connectivity index (χ4v) is 5.37. The largest absolute Gasteiger partial charge is 0.379 e. The summed E-state index contributed by atoms with van der Waals surface area (Å²) in [5, 5.41) is 2.96. The van der Waals surface area contributed by atoms with Gasteiger partial charge in [-0.2, -0.15) is 4.31 Å². The number of amides is 1. The average molecular weight is 475 g/mol. The smallest absolute Gasteiger partial charge is 0.243 e. The molecule has 180 valence electrons. The Bertz CT molecular complexity index is 1020. The van der Waals surface area contributed by atoms with Gasteiger partial charge in [-0.3, -0.25) is 9.69 Å². The highest BCUT2D eigenvalue weighted by molar-refractivity contribution is 7.89. The van der Waals surface area contributed by atoms with Crippen molar-refractivity contribution < 1.29 is 17.9 Å². The van der Waals surface area contributed by atoms with Crippen molar-refractivity contribution in [1.82, 2.24) is 9.21 Å². The van der Waals surface area contributed by atoms with Crippen LogP contribution in [0.2, 0.25) is 0 Å². The predicted octanol–water partition coefficient (Wildman–Crippen LogP) is 2.62. The Morgan fingerprint density at radius 1 is 1.06 bits per heavy atom. The monoisotopic (exact) mass is 474 g/mol. The van der Waals surface area contributed by atoms with Gasteiger partial charge in [0, 0.05) is 32.7 Å². The lowest BCUT2D eigenvalue weighted by Gasteiger charge is -2.28. The summed E-state index contributed by atoms with van der Waals surface area (Å²) in [4.78, 5) is 17.1. The van der Waals surface area contributed by atoms with E-state index in [4.69, 9.17) is 4.74 Å². The van der Waals surface area contributed by atoms with Crippen LogP contribution in [0.5, 0.6) is 0 Å². The summed E-state index contributed by atoms with van der Waals surface area (Å²) in [6, 6.07) is 14.9. The zero-order chi connectivity index (χ0) is 23.8. The summed E-state index contributed by atoms with van der Waals surface area (Å²) >= 11 is 0. The molecular weight excluding hydrogens is 440 g/mol. The van der Waals surface area contributed by atoms with Gasteiger partial charge >= 0.3 is 0 Å². The normalized spacial score (nSPS) is 14.9. The lowest BCUT2D eigenvalue weighted by molar-refractivity contribution is -0.117. The Hall–Kier alpha value is -2.46. The molecule has 0 aromatic heterocycles. The molecule has 8 nitrogen and oxygen atoms in total. The molecule has 0 spiro atoms. The predicted molar refractivity (Wildman–Crippen MR) is 131 cm³/mol. The highest BCUT2D eigenvalue weighted by Crippen LogP contribution is 2.30. The van der Waals surface area contributed by atoms with E-state index in [9.17, 15) is 13.2 Å². The minimum absolute atomic E-state index is 0.174. The molecule has 0 radical (unpaired) electrons. The van der Waals surface area contributed by atoms with Gasteiger partial charge in [0.2, 0.25) is 15.9 Å². The topological polar surface area (TPSA) is 82.2 Å². The first-order chi connectivity index (χ1) is 15.8. The number of nitrogens with zero attached hydrogens (tertiary/aromatic N) is 3. The second-order valence-electron chi connectivity index (χ2n) is 8.07. The molecule has 3 rings (SSSR count). The minimum atomic E-state index is -3.67. The third-order valence-corrected chi connectivity index (χ3v) is 7.56. The van der Waals surface area contributed by atoms with Crippen molar-refractivity contribution >= 4 is 27.3 Å². The maximum atomic E-state index is 13.2. The van der Waals surface area contributed by atoms with Crippen LogP contribution in [0.15, 0.2) is 53.4 Å². The van der Waals surface area contributed by atoms with E-state index in [-0.39, 0.29) is 17.3 Å². The summed E-state index contributed by atoms with van der Waals surface area (Å²) in [5.41, 5.74) is 2.43. The van der Waals surface area contributed by atoms with E-state index in [1.54, 1.807) is 18.2 Å². The molecule has 1 saturated heterocycles. The molecular formula is C24H34N4O4S. The Kier molecular flexibility index (Phi) is 8.85. The van der Waals surface area contributed by atoms with Crippen LogP contribution >= 0.6 is 0 Å². The molecule has 1 aliphatic rings. The first kappa shape index (κ1) is 25.2. The van der Waals surface area contributed by atoms with Gasteiger partial charge < -0.3 is 15.0 Å². The van der Waals surface area contributed by atoms with E-state index < -0.39 is 10.0 Å². The van der Waals surface area contributed by atoms with E-state index in [1.165, 1.54) is 4.31 Å². The van der Waals surface area contributed by atoms with Crippen molar-refractivity contribution in [3.05, 3.63) is 54.1 Å². The van der Waals surface area contributed by atoms with Gasteiger partial charge in [0.1, 0.15) is 0 Å². The molecule has 2 aromatic rings. The Labute approximate surface area is 197 Å². The van der Waals surface area contributed by atoms with Crippen molar-refractivity contribution in [2.75, 3.05) is 63.2 Å². The number of likely N-dealkylation sites (N-methyl/N-ethyl adjacent to an activating group) is 1. The second kappa shape index (κ2) is 11.6. The van der Waals surface area contributed by atoms with E-state index in [0.717, 1.165) is 24.3 Å². The molecule has 1 fully saturated rings. The number of sulfonamides is 1. The van der Waals surface area contributed by atoms with Crippen LogP contribution < -0.4 is 10.2 Å². The average Bonchev–Trinajstić information content (AvgIpc) is 2.81. The van der Waals surface area contributed by atoms with Gasteiger partial charge in [-0.25, -0.2) is 8.42 Å². The van der Waals surface area contributed by atoms with Crippen molar-refractivity contribution in [2.45, 2.75) is 25.3 Å². The maximum Gasteiger partial charge on any atom is 0.243 e. The van der Waals surface area contributed by atoms with E-state index in [0.29, 0.717) is 38.5 Å². The first-order valence-electron chi connectivity index (χ1n) is 11.3. The summed E-state index contributed by atoms with van der Waals surface area (Å²) in [6.07, 6.45) is 0. The number of benzene rings is 2. The lowest BCUT2D eigenvalue weighted by atomic mass is 10.2. The molecule has 1 amide bonds. The van der Waals surface area contributed by atoms with Crippen LogP contribution in [0.1, 0.15) is 19.4 Å². The van der Waals surface area contributed by atoms with Gasteiger partial charge in [0.25, 0.3) is 0 Å². The summed E-state index contributed by atoms with van der Waals surface area (Å²) < 4.78 is 33.0. The zero-order valence-corrected chi connectivity index (χ0v) is 20.5.